The molecule has 7 nitrogen and oxygen atoms in total. The minimum atomic E-state index is -0.681. The molecule has 10 heteroatoms. The van der Waals surface area contributed by atoms with Crippen molar-refractivity contribution in [2.75, 3.05) is 0 Å². The third-order valence-electron chi connectivity index (χ3n) is 2.83. The number of aromatic hydroxyl groups is 1. The smallest absolute Gasteiger partial charge is 0.288 e. The van der Waals surface area contributed by atoms with Gasteiger partial charge in [0.1, 0.15) is 10.8 Å². The van der Waals surface area contributed by atoms with Crippen LogP contribution < -0.4 is 5.43 Å². The molecule has 0 aliphatic rings. The second-order valence-electron chi connectivity index (χ2n) is 4.45. The van der Waals surface area contributed by atoms with E-state index in [-0.39, 0.29) is 22.0 Å². The Kier molecular flexibility index (Phi) is 5.92. The molecular formula is C14H8Br2ClN3O4. The van der Waals surface area contributed by atoms with E-state index in [1.54, 1.807) is 12.1 Å². The summed E-state index contributed by atoms with van der Waals surface area (Å²) in [6, 6.07) is 6.91. The maximum atomic E-state index is 12.0. The third kappa shape index (κ3) is 4.31. The van der Waals surface area contributed by atoms with Crippen LogP contribution in [0.1, 0.15) is 15.9 Å². The number of nitro benzene ring substituents is 1. The van der Waals surface area contributed by atoms with Gasteiger partial charge in [-0.1, -0.05) is 27.5 Å². The first-order valence-electron chi connectivity index (χ1n) is 6.25. The Morgan fingerprint density at radius 3 is 2.71 bits per heavy atom. The summed E-state index contributed by atoms with van der Waals surface area (Å²) in [7, 11) is 0. The number of carbonyl (C=O) groups excluding carboxylic acids is 1. The van der Waals surface area contributed by atoms with Crippen molar-refractivity contribution in [3.63, 3.8) is 0 Å². The topological polar surface area (TPSA) is 105 Å². The van der Waals surface area contributed by atoms with E-state index >= 15 is 0 Å². The van der Waals surface area contributed by atoms with Gasteiger partial charge in [0, 0.05) is 21.7 Å². The highest BCUT2D eigenvalue weighted by Crippen LogP contribution is 2.30. The lowest BCUT2D eigenvalue weighted by Gasteiger charge is -2.03. The Morgan fingerprint density at radius 2 is 2.04 bits per heavy atom. The van der Waals surface area contributed by atoms with E-state index in [1.165, 1.54) is 18.3 Å². The molecule has 24 heavy (non-hydrogen) atoms. The van der Waals surface area contributed by atoms with Gasteiger partial charge in [0.2, 0.25) is 0 Å². The zero-order valence-corrected chi connectivity index (χ0v) is 15.6. The van der Waals surface area contributed by atoms with Gasteiger partial charge in [-0.2, -0.15) is 5.10 Å². The number of carbonyl (C=O) groups is 1. The fraction of sp³-hybridized carbons (Fsp3) is 0. The Balaban J connectivity index is 2.17. The lowest BCUT2D eigenvalue weighted by molar-refractivity contribution is -0.384. The van der Waals surface area contributed by atoms with Crippen LogP contribution in [-0.2, 0) is 0 Å². The van der Waals surface area contributed by atoms with Crippen LogP contribution in [0.3, 0.4) is 0 Å². The fourth-order valence-corrected chi connectivity index (χ4v) is 3.15. The number of nitro groups is 1. The Bertz CT molecular complexity index is 858. The average Bonchev–Trinajstić information content (AvgIpc) is 2.51. The van der Waals surface area contributed by atoms with E-state index in [4.69, 9.17) is 11.6 Å². The largest absolute Gasteiger partial charge is 0.506 e. The molecule has 0 unspecified atom stereocenters. The molecule has 1 amide bonds. The second kappa shape index (κ2) is 7.73. The Morgan fingerprint density at radius 1 is 1.33 bits per heavy atom. The number of phenols is 1. The summed E-state index contributed by atoms with van der Waals surface area (Å²) in [5.74, 6) is -0.696. The molecule has 2 aromatic carbocycles. The van der Waals surface area contributed by atoms with E-state index in [2.05, 4.69) is 42.4 Å². The van der Waals surface area contributed by atoms with Crippen molar-refractivity contribution < 1.29 is 14.8 Å². The maximum Gasteiger partial charge on any atom is 0.288 e. The zero-order valence-electron chi connectivity index (χ0n) is 11.7. The van der Waals surface area contributed by atoms with Crippen molar-refractivity contribution in [1.82, 2.24) is 5.43 Å². The number of halogens is 3. The molecule has 0 radical (unpaired) electrons. The van der Waals surface area contributed by atoms with Crippen LogP contribution in [0.15, 0.2) is 44.4 Å². The number of nitrogens with one attached hydrogen (secondary N) is 1. The highest BCUT2D eigenvalue weighted by Gasteiger charge is 2.16. The molecule has 0 aliphatic carbocycles. The SMILES string of the molecule is O=C(N/N=C/c1cc(Br)cc(Br)c1O)c1ccc(Cl)c([N+](=O)[O-])c1. The molecule has 0 aromatic heterocycles. The average molecular weight is 477 g/mol. The second-order valence-corrected chi connectivity index (χ2v) is 6.63. The molecule has 124 valence electrons. The summed E-state index contributed by atoms with van der Waals surface area (Å²) < 4.78 is 1.16. The first-order chi connectivity index (χ1) is 11.3. The predicted molar refractivity (Wildman–Crippen MR) is 96.7 cm³/mol. The molecule has 2 N–H and O–H groups in total. The van der Waals surface area contributed by atoms with Gasteiger partial charge in [-0.3, -0.25) is 14.9 Å². The summed E-state index contributed by atoms with van der Waals surface area (Å²) in [5.41, 5.74) is 2.24. The van der Waals surface area contributed by atoms with Crippen molar-refractivity contribution in [3.05, 3.63) is 65.5 Å². The molecule has 2 aromatic rings. The monoisotopic (exact) mass is 475 g/mol. The Labute approximate surface area is 157 Å². The highest BCUT2D eigenvalue weighted by atomic mass is 79.9. The van der Waals surface area contributed by atoms with Gasteiger partial charge in [-0.15, -0.1) is 0 Å². The van der Waals surface area contributed by atoms with Crippen molar-refractivity contribution in [1.29, 1.82) is 0 Å². The van der Waals surface area contributed by atoms with E-state index in [0.717, 1.165) is 6.07 Å². The summed E-state index contributed by atoms with van der Waals surface area (Å²) in [6.45, 7) is 0. The number of nitrogens with zero attached hydrogens (tertiary/aromatic N) is 2. The lowest BCUT2D eigenvalue weighted by atomic mass is 10.2. The lowest BCUT2D eigenvalue weighted by Crippen LogP contribution is -2.17. The number of hydrazone groups is 1. The zero-order chi connectivity index (χ0) is 17.9. The van der Waals surface area contributed by atoms with Crippen LogP contribution in [0, 0.1) is 10.1 Å². The van der Waals surface area contributed by atoms with Gasteiger partial charge in [0.25, 0.3) is 11.6 Å². The summed E-state index contributed by atoms with van der Waals surface area (Å²) >= 11 is 12.1. The van der Waals surface area contributed by atoms with Gasteiger partial charge in [-0.25, -0.2) is 5.43 Å². The van der Waals surface area contributed by atoms with Gasteiger partial charge in [0.05, 0.1) is 15.6 Å². The van der Waals surface area contributed by atoms with Crippen molar-refractivity contribution >= 4 is 61.3 Å². The molecular weight excluding hydrogens is 469 g/mol. The van der Waals surface area contributed by atoms with E-state index < -0.39 is 10.8 Å². The van der Waals surface area contributed by atoms with Crippen LogP contribution in [0.5, 0.6) is 5.75 Å². The van der Waals surface area contributed by atoms with Crippen LogP contribution in [-0.4, -0.2) is 22.2 Å². The first-order valence-corrected chi connectivity index (χ1v) is 8.21. The molecule has 0 heterocycles. The number of rotatable bonds is 4. The van der Waals surface area contributed by atoms with Crippen LogP contribution in [0.4, 0.5) is 5.69 Å². The molecule has 2 rings (SSSR count). The molecule has 0 saturated carbocycles. The number of hydrogen-bond acceptors (Lipinski definition) is 5. The maximum absolute atomic E-state index is 12.0. The van der Waals surface area contributed by atoms with E-state index in [9.17, 15) is 20.0 Å². The standard InChI is InChI=1S/C14H8Br2ClN3O4/c15-9-3-8(13(21)10(16)5-9)6-18-19-14(22)7-1-2-11(17)12(4-7)20(23)24/h1-6,21H,(H,19,22)/b18-6+. The molecule has 0 spiro atoms. The molecule has 0 fully saturated rings. The fourth-order valence-electron chi connectivity index (χ4n) is 1.70. The van der Waals surface area contributed by atoms with Crippen molar-refractivity contribution in [3.8, 4) is 5.75 Å². The molecule has 0 bridgehead atoms. The number of amides is 1. The number of phenolic OH excluding ortho intramolecular Hbond substituents is 1. The van der Waals surface area contributed by atoms with Crippen LogP contribution >= 0.6 is 43.5 Å². The minimum absolute atomic E-state index is 0.0305. The number of benzene rings is 2. The Hall–Kier alpha value is -1.97. The van der Waals surface area contributed by atoms with E-state index in [0.29, 0.717) is 14.5 Å². The van der Waals surface area contributed by atoms with E-state index in [1.807, 2.05) is 0 Å². The quantitative estimate of drug-likeness (QED) is 0.390. The molecule has 0 saturated heterocycles. The van der Waals surface area contributed by atoms with Crippen molar-refractivity contribution in [2.45, 2.75) is 0 Å². The van der Waals surface area contributed by atoms with Crippen LogP contribution in [0.2, 0.25) is 5.02 Å². The van der Waals surface area contributed by atoms with Gasteiger partial charge < -0.3 is 5.11 Å². The first kappa shape index (κ1) is 18.4. The third-order valence-corrected chi connectivity index (χ3v) is 4.21. The number of hydrogen-bond donors (Lipinski definition) is 2. The summed E-state index contributed by atoms with van der Waals surface area (Å²) in [4.78, 5) is 22.1. The normalized spacial score (nSPS) is 10.8. The van der Waals surface area contributed by atoms with Crippen LogP contribution in [0.25, 0.3) is 0 Å². The predicted octanol–water partition coefficient (Wildman–Crippen LogP) is 4.24. The highest BCUT2D eigenvalue weighted by molar-refractivity contribution is 9.11. The van der Waals surface area contributed by atoms with Crippen molar-refractivity contribution in [2.24, 2.45) is 5.10 Å². The summed E-state index contributed by atoms with van der Waals surface area (Å²) in [6.07, 6.45) is 1.24. The minimum Gasteiger partial charge on any atom is -0.506 e. The summed E-state index contributed by atoms with van der Waals surface area (Å²) in [5, 5.41) is 24.4. The molecule has 0 atom stereocenters. The molecule has 0 aliphatic heterocycles. The van der Waals surface area contributed by atoms with Gasteiger partial charge in [0.15, 0.2) is 0 Å². The van der Waals surface area contributed by atoms with Gasteiger partial charge in [-0.05, 0) is 40.2 Å². The van der Waals surface area contributed by atoms with Gasteiger partial charge >= 0.3 is 0 Å².